The quantitative estimate of drug-likeness (QED) is 0.299. The van der Waals surface area contributed by atoms with Gasteiger partial charge in [0.25, 0.3) is 0 Å². The van der Waals surface area contributed by atoms with Gasteiger partial charge in [-0.25, -0.2) is 0 Å². The zero-order valence-electron chi connectivity index (χ0n) is 12.7. The summed E-state index contributed by atoms with van der Waals surface area (Å²) in [6, 6.07) is 0. The Labute approximate surface area is 120 Å². The second-order valence-electron chi connectivity index (χ2n) is 5.88. The fourth-order valence-electron chi connectivity index (χ4n) is 2.58. The van der Waals surface area contributed by atoms with Crippen molar-refractivity contribution < 1.29 is 14.7 Å². The minimum atomic E-state index is -0.686. The molecule has 0 saturated heterocycles. The molecule has 0 radical (unpaired) electrons. The van der Waals surface area contributed by atoms with Gasteiger partial charge in [-0.05, 0) is 44.9 Å². The number of oxime groups is 1. The zero-order valence-corrected chi connectivity index (χ0v) is 12.7. The van der Waals surface area contributed by atoms with Crippen LogP contribution in [0.2, 0.25) is 0 Å². The Morgan fingerprint density at radius 1 is 1.55 bits per heavy atom. The fourth-order valence-corrected chi connectivity index (χ4v) is 2.58. The van der Waals surface area contributed by atoms with Crippen molar-refractivity contribution in [2.24, 2.45) is 16.8 Å². The van der Waals surface area contributed by atoms with Gasteiger partial charge in [0.2, 0.25) is 5.91 Å². The van der Waals surface area contributed by atoms with Crippen LogP contribution in [0.1, 0.15) is 52.4 Å². The van der Waals surface area contributed by atoms with Crippen molar-refractivity contribution in [3.05, 3.63) is 0 Å². The number of amides is 1. The molecule has 6 heteroatoms. The smallest absolute Gasteiger partial charge is 0.220 e. The number of nitrogens with zero attached hydrogens (tertiary/aromatic N) is 1. The molecule has 20 heavy (non-hydrogen) atoms. The molecule has 1 amide bonds. The van der Waals surface area contributed by atoms with Crippen LogP contribution < -0.4 is 11.1 Å². The second kappa shape index (κ2) is 7.47. The molecule has 1 atom stereocenters. The summed E-state index contributed by atoms with van der Waals surface area (Å²) in [6.07, 6.45) is 4.45. The lowest BCUT2D eigenvalue weighted by atomic mass is 9.76. The van der Waals surface area contributed by atoms with E-state index in [1.54, 1.807) is 7.11 Å². The zero-order chi connectivity index (χ0) is 15.2. The lowest BCUT2D eigenvalue weighted by Crippen LogP contribution is -2.59. The topological polar surface area (TPSA) is 96.9 Å². The fraction of sp³-hybridized carbons (Fsp3) is 0.857. The maximum atomic E-state index is 12.1. The number of carbonyl (C=O) groups excluding carboxylic acids is 1. The number of amidine groups is 1. The molecule has 1 fully saturated rings. The molecule has 1 unspecified atom stereocenters. The van der Waals surface area contributed by atoms with Crippen LogP contribution in [-0.4, -0.2) is 35.7 Å². The molecule has 0 spiro atoms. The van der Waals surface area contributed by atoms with Crippen molar-refractivity contribution in [2.75, 3.05) is 7.11 Å². The Morgan fingerprint density at radius 2 is 2.15 bits per heavy atom. The van der Waals surface area contributed by atoms with Crippen molar-refractivity contribution in [3.63, 3.8) is 0 Å². The maximum absolute atomic E-state index is 12.1. The summed E-state index contributed by atoms with van der Waals surface area (Å²) in [4.78, 5) is 12.1. The molecule has 0 aliphatic heterocycles. The van der Waals surface area contributed by atoms with Gasteiger partial charge in [0.05, 0.1) is 6.10 Å². The standard InChI is InChI=1S/C14H27N3O3/c1-10-6-8-14(9-7-10,13(15)17-19)16-12(18)5-4-11(2)20-3/h10-11,19H,4-9H2,1-3H3,(H2,15,17)(H,16,18). The molecule has 0 aromatic rings. The molecule has 6 nitrogen and oxygen atoms in total. The van der Waals surface area contributed by atoms with E-state index < -0.39 is 5.54 Å². The largest absolute Gasteiger partial charge is 0.409 e. The van der Waals surface area contributed by atoms with E-state index in [2.05, 4.69) is 17.4 Å². The van der Waals surface area contributed by atoms with Crippen LogP contribution in [0.25, 0.3) is 0 Å². The first-order valence-electron chi connectivity index (χ1n) is 7.25. The van der Waals surface area contributed by atoms with E-state index in [-0.39, 0.29) is 17.8 Å². The number of rotatable bonds is 6. The van der Waals surface area contributed by atoms with Crippen LogP contribution in [0.15, 0.2) is 5.16 Å². The molecular formula is C14H27N3O3. The van der Waals surface area contributed by atoms with Crippen molar-refractivity contribution >= 4 is 11.7 Å². The van der Waals surface area contributed by atoms with Gasteiger partial charge in [0, 0.05) is 13.5 Å². The minimum Gasteiger partial charge on any atom is -0.409 e. The van der Waals surface area contributed by atoms with Crippen molar-refractivity contribution in [2.45, 2.75) is 64.0 Å². The average Bonchev–Trinajstić information content (AvgIpc) is 2.46. The molecule has 0 heterocycles. The monoisotopic (exact) mass is 285 g/mol. The number of hydrogen-bond donors (Lipinski definition) is 3. The number of ether oxygens (including phenoxy) is 1. The summed E-state index contributed by atoms with van der Waals surface area (Å²) in [5.41, 5.74) is 5.13. The van der Waals surface area contributed by atoms with Crippen LogP contribution in [-0.2, 0) is 9.53 Å². The number of nitrogens with two attached hydrogens (primary N) is 1. The normalized spacial score (nSPS) is 28.9. The van der Waals surface area contributed by atoms with Gasteiger partial charge < -0.3 is 21.0 Å². The van der Waals surface area contributed by atoms with Gasteiger partial charge in [-0.2, -0.15) is 0 Å². The van der Waals surface area contributed by atoms with Crippen LogP contribution in [0.4, 0.5) is 0 Å². The summed E-state index contributed by atoms with van der Waals surface area (Å²) in [6.45, 7) is 4.10. The predicted octanol–water partition coefficient (Wildman–Crippen LogP) is 1.61. The highest BCUT2D eigenvalue weighted by molar-refractivity contribution is 5.94. The molecule has 116 valence electrons. The van der Waals surface area contributed by atoms with Crippen LogP contribution in [0.5, 0.6) is 0 Å². The Morgan fingerprint density at radius 3 is 2.65 bits per heavy atom. The third kappa shape index (κ3) is 4.37. The third-order valence-electron chi connectivity index (χ3n) is 4.28. The molecule has 4 N–H and O–H groups in total. The van der Waals surface area contributed by atoms with Crippen molar-refractivity contribution in [1.82, 2.24) is 5.32 Å². The van der Waals surface area contributed by atoms with Crippen molar-refractivity contribution in [1.29, 1.82) is 0 Å². The molecule has 0 aromatic carbocycles. The molecule has 1 aliphatic rings. The van der Waals surface area contributed by atoms with Gasteiger partial charge in [-0.1, -0.05) is 12.1 Å². The molecule has 1 rings (SSSR count). The van der Waals surface area contributed by atoms with Gasteiger partial charge in [0.15, 0.2) is 5.84 Å². The van der Waals surface area contributed by atoms with Crippen LogP contribution in [0.3, 0.4) is 0 Å². The highest BCUT2D eigenvalue weighted by Gasteiger charge is 2.39. The molecular weight excluding hydrogens is 258 g/mol. The molecule has 0 bridgehead atoms. The van der Waals surface area contributed by atoms with Gasteiger partial charge in [-0.15, -0.1) is 0 Å². The van der Waals surface area contributed by atoms with E-state index >= 15 is 0 Å². The third-order valence-corrected chi connectivity index (χ3v) is 4.28. The van der Waals surface area contributed by atoms with Gasteiger partial charge >= 0.3 is 0 Å². The summed E-state index contributed by atoms with van der Waals surface area (Å²) in [5, 5.41) is 15.1. The Bertz CT molecular complexity index is 350. The first kappa shape index (κ1) is 16.8. The van der Waals surface area contributed by atoms with Gasteiger partial charge in [0.1, 0.15) is 5.54 Å². The van der Waals surface area contributed by atoms with E-state index in [1.807, 2.05) is 6.92 Å². The van der Waals surface area contributed by atoms with Crippen LogP contribution >= 0.6 is 0 Å². The van der Waals surface area contributed by atoms with E-state index in [0.717, 1.165) is 25.7 Å². The van der Waals surface area contributed by atoms with Gasteiger partial charge in [-0.3, -0.25) is 4.79 Å². The lowest BCUT2D eigenvalue weighted by Gasteiger charge is -2.39. The number of carbonyl (C=O) groups is 1. The molecule has 1 aliphatic carbocycles. The Hall–Kier alpha value is -1.30. The Balaban J connectivity index is 2.64. The average molecular weight is 285 g/mol. The van der Waals surface area contributed by atoms with Crippen molar-refractivity contribution in [3.8, 4) is 0 Å². The summed E-state index contributed by atoms with van der Waals surface area (Å²) in [5.74, 6) is 0.646. The predicted molar refractivity (Wildman–Crippen MR) is 77.6 cm³/mol. The lowest BCUT2D eigenvalue weighted by molar-refractivity contribution is -0.123. The first-order chi connectivity index (χ1) is 9.43. The Kier molecular flexibility index (Phi) is 6.26. The van der Waals surface area contributed by atoms with E-state index in [4.69, 9.17) is 15.7 Å². The van der Waals surface area contributed by atoms with E-state index in [9.17, 15) is 4.79 Å². The highest BCUT2D eigenvalue weighted by atomic mass is 16.5. The second-order valence-corrected chi connectivity index (χ2v) is 5.88. The number of methoxy groups -OCH3 is 1. The highest BCUT2D eigenvalue weighted by Crippen LogP contribution is 2.32. The molecule has 0 aromatic heterocycles. The van der Waals surface area contributed by atoms with E-state index in [1.165, 1.54) is 0 Å². The SMILES string of the molecule is COC(C)CCC(=O)NC1(C(N)=NO)CCC(C)CC1. The van der Waals surface area contributed by atoms with Crippen LogP contribution in [0, 0.1) is 5.92 Å². The first-order valence-corrected chi connectivity index (χ1v) is 7.25. The molecule has 1 saturated carbocycles. The minimum absolute atomic E-state index is 0.0481. The summed E-state index contributed by atoms with van der Waals surface area (Å²) in [7, 11) is 1.63. The summed E-state index contributed by atoms with van der Waals surface area (Å²) < 4.78 is 5.13. The summed E-state index contributed by atoms with van der Waals surface area (Å²) >= 11 is 0. The van der Waals surface area contributed by atoms with E-state index in [0.29, 0.717) is 18.8 Å². The maximum Gasteiger partial charge on any atom is 0.220 e. The number of hydrogen-bond acceptors (Lipinski definition) is 4. The number of nitrogens with one attached hydrogen (secondary N) is 1.